The summed E-state index contributed by atoms with van der Waals surface area (Å²) in [4.78, 5) is 26.1. The molecule has 4 aromatic rings. The van der Waals surface area contributed by atoms with Crippen LogP contribution in [0, 0.1) is 0 Å². The van der Waals surface area contributed by atoms with Crippen molar-refractivity contribution in [1.29, 1.82) is 0 Å². The lowest BCUT2D eigenvalue weighted by molar-refractivity contribution is -0.117. The van der Waals surface area contributed by atoms with Gasteiger partial charge < -0.3 is 25.4 Å². The quantitative estimate of drug-likeness (QED) is 0.228. The molecule has 12 nitrogen and oxygen atoms in total. The average Bonchev–Trinajstić information content (AvgIpc) is 3.16. The molecule has 1 saturated heterocycles. The van der Waals surface area contributed by atoms with Crippen molar-refractivity contribution in [2.45, 2.75) is 11.3 Å². The molecule has 0 spiro atoms. The first-order chi connectivity index (χ1) is 20.2. The monoisotopic (exact) mass is 591 g/mol. The first kappa shape index (κ1) is 29.0. The van der Waals surface area contributed by atoms with Gasteiger partial charge in [0.25, 0.3) is 10.0 Å². The van der Waals surface area contributed by atoms with E-state index in [2.05, 4.69) is 42.2 Å². The number of benzene rings is 3. The Bertz CT molecular complexity index is 1700. The molecular formula is C29H33N7O5S. The number of nitrogens with zero attached hydrogens (tertiary/aromatic N) is 4. The van der Waals surface area contributed by atoms with E-state index in [1.165, 1.54) is 31.4 Å². The van der Waals surface area contributed by atoms with Crippen LogP contribution in [0.5, 0.6) is 11.5 Å². The van der Waals surface area contributed by atoms with Gasteiger partial charge >= 0.3 is 0 Å². The predicted molar refractivity (Wildman–Crippen MR) is 162 cm³/mol. The fraction of sp³-hybridized carbons (Fsp3) is 0.276. The van der Waals surface area contributed by atoms with E-state index in [0.29, 0.717) is 28.2 Å². The first-order valence-corrected chi connectivity index (χ1v) is 14.9. The number of aromatic nitrogens is 2. The lowest BCUT2D eigenvalue weighted by Gasteiger charge is -2.19. The Hall–Kier alpha value is -4.46. The van der Waals surface area contributed by atoms with Crippen molar-refractivity contribution >= 4 is 50.0 Å². The zero-order chi connectivity index (χ0) is 29.7. The highest BCUT2D eigenvalue weighted by molar-refractivity contribution is 7.92. The van der Waals surface area contributed by atoms with Crippen LogP contribution in [0.2, 0.25) is 0 Å². The van der Waals surface area contributed by atoms with E-state index in [1.54, 1.807) is 42.5 Å². The molecule has 3 aromatic carbocycles. The van der Waals surface area contributed by atoms with Crippen molar-refractivity contribution in [2.75, 3.05) is 62.2 Å². The van der Waals surface area contributed by atoms with Gasteiger partial charge in [-0.2, -0.15) is 0 Å². The number of phenolic OH excluding ortho intramolecular Hbond substituents is 1. The van der Waals surface area contributed by atoms with Crippen LogP contribution in [-0.2, 0) is 14.8 Å². The number of para-hydroxylation sites is 2. The number of likely N-dealkylation sites (N-methyl/N-ethyl adjacent to an activating group) is 1. The van der Waals surface area contributed by atoms with Crippen LogP contribution in [-0.4, -0.2) is 86.1 Å². The minimum atomic E-state index is -4.15. The Labute approximate surface area is 244 Å². The van der Waals surface area contributed by atoms with Crippen LogP contribution < -0.4 is 20.1 Å². The first-order valence-electron chi connectivity index (χ1n) is 13.4. The van der Waals surface area contributed by atoms with Crippen LogP contribution in [0.1, 0.15) is 6.42 Å². The van der Waals surface area contributed by atoms with E-state index in [-0.39, 0.29) is 34.7 Å². The molecule has 1 amide bonds. The maximum atomic E-state index is 13.5. The number of phenols is 1. The number of sulfonamides is 1. The van der Waals surface area contributed by atoms with Crippen molar-refractivity contribution in [3.8, 4) is 11.5 Å². The van der Waals surface area contributed by atoms with Crippen LogP contribution in [0.4, 0.5) is 23.0 Å². The molecule has 220 valence electrons. The molecule has 0 saturated carbocycles. The number of nitrogens with one attached hydrogen (secondary N) is 3. The molecular weight excluding hydrogens is 558 g/mol. The number of amides is 1. The Morgan fingerprint density at radius 1 is 0.929 bits per heavy atom. The third-order valence-electron chi connectivity index (χ3n) is 6.80. The summed E-state index contributed by atoms with van der Waals surface area (Å²) < 4.78 is 34.8. The SMILES string of the molecule is COc1cc(O)cc(Nc2nc3ccccc3nc2NS(=O)(=O)c2cccc(NC(=O)CN3CCCN(C)CC3)c2)c1. The Balaban J connectivity index is 1.38. The molecule has 13 heteroatoms. The normalized spacial score (nSPS) is 14.7. The van der Waals surface area contributed by atoms with Gasteiger partial charge in [0.2, 0.25) is 5.91 Å². The van der Waals surface area contributed by atoms with Crippen molar-refractivity contribution < 1.29 is 23.1 Å². The highest BCUT2D eigenvalue weighted by Crippen LogP contribution is 2.31. The maximum absolute atomic E-state index is 13.5. The fourth-order valence-electron chi connectivity index (χ4n) is 4.66. The van der Waals surface area contributed by atoms with E-state index < -0.39 is 10.0 Å². The number of aromatic hydroxyl groups is 1. The highest BCUT2D eigenvalue weighted by Gasteiger charge is 2.21. The summed E-state index contributed by atoms with van der Waals surface area (Å²) in [6.45, 7) is 3.73. The molecule has 5 rings (SSSR count). The minimum Gasteiger partial charge on any atom is -0.508 e. The molecule has 1 aliphatic heterocycles. The van der Waals surface area contributed by atoms with Gasteiger partial charge in [-0.25, -0.2) is 18.4 Å². The molecule has 1 fully saturated rings. The summed E-state index contributed by atoms with van der Waals surface area (Å²) >= 11 is 0. The van der Waals surface area contributed by atoms with Crippen molar-refractivity contribution in [3.05, 3.63) is 66.7 Å². The Morgan fingerprint density at radius 2 is 1.69 bits per heavy atom. The number of fused-ring (bicyclic) bond motifs is 1. The van der Waals surface area contributed by atoms with Gasteiger partial charge in [-0.1, -0.05) is 18.2 Å². The molecule has 0 atom stereocenters. The summed E-state index contributed by atoms with van der Waals surface area (Å²) in [5, 5.41) is 15.9. The summed E-state index contributed by atoms with van der Waals surface area (Å²) in [5.74, 6) is 0.217. The van der Waals surface area contributed by atoms with Gasteiger partial charge in [0, 0.05) is 42.7 Å². The van der Waals surface area contributed by atoms with Crippen molar-refractivity contribution in [3.63, 3.8) is 0 Å². The summed E-state index contributed by atoms with van der Waals surface area (Å²) in [7, 11) is -0.612. The third-order valence-corrected chi connectivity index (χ3v) is 8.14. The number of carbonyl (C=O) groups excluding carboxylic acids is 1. The maximum Gasteiger partial charge on any atom is 0.263 e. The second-order valence-corrected chi connectivity index (χ2v) is 11.8. The average molecular weight is 592 g/mol. The number of methoxy groups -OCH3 is 1. The molecule has 0 radical (unpaired) electrons. The van der Waals surface area contributed by atoms with Gasteiger partial charge in [0.15, 0.2) is 11.6 Å². The van der Waals surface area contributed by atoms with Crippen LogP contribution in [0.25, 0.3) is 11.0 Å². The van der Waals surface area contributed by atoms with Gasteiger partial charge in [-0.3, -0.25) is 14.4 Å². The second-order valence-electron chi connectivity index (χ2n) is 10.1. The number of ether oxygens (including phenoxy) is 1. The number of carbonyl (C=O) groups is 1. The fourth-order valence-corrected chi connectivity index (χ4v) is 5.71. The van der Waals surface area contributed by atoms with Crippen molar-refractivity contribution in [1.82, 2.24) is 19.8 Å². The second kappa shape index (κ2) is 12.6. The third kappa shape index (κ3) is 7.24. The Morgan fingerprint density at radius 3 is 2.45 bits per heavy atom. The minimum absolute atomic E-state index is 0.0448. The van der Waals surface area contributed by atoms with E-state index in [1.807, 2.05) is 0 Å². The number of anilines is 4. The summed E-state index contributed by atoms with van der Waals surface area (Å²) in [6, 6.07) is 17.6. The molecule has 0 aliphatic carbocycles. The zero-order valence-corrected chi connectivity index (χ0v) is 24.2. The predicted octanol–water partition coefficient (Wildman–Crippen LogP) is 3.46. The van der Waals surface area contributed by atoms with Gasteiger partial charge in [0.05, 0.1) is 29.6 Å². The molecule has 1 aromatic heterocycles. The van der Waals surface area contributed by atoms with E-state index >= 15 is 0 Å². The summed E-state index contributed by atoms with van der Waals surface area (Å²) in [5.41, 5.74) is 1.80. The van der Waals surface area contributed by atoms with Gasteiger partial charge in [-0.05, 0) is 56.9 Å². The number of rotatable bonds is 9. The van der Waals surface area contributed by atoms with E-state index in [0.717, 1.165) is 32.6 Å². The van der Waals surface area contributed by atoms with Crippen LogP contribution in [0.3, 0.4) is 0 Å². The molecule has 0 bridgehead atoms. The van der Waals surface area contributed by atoms with Gasteiger partial charge in [0.1, 0.15) is 11.5 Å². The molecule has 1 aliphatic rings. The standard InChI is InChI=1S/C29H33N7O5S/c1-35-11-6-12-36(14-13-35)19-27(38)30-20-7-5-8-24(17-20)42(39,40)34-29-28(32-25-9-3-4-10-26(25)33-29)31-21-15-22(37)18-23(16-21)41-2/h3-5,7-10,15-18,37H,6,11-14,19H2,1-2H3,(H,30,38)(H,31,32)(H,33,34). The summed E-state index contributed by atoms with van der Waals surface area (Å²) in [6.07, 6.45) is 0.983. The Kier molecular flexibility index (Phi) is 8.71. The molecule has 0 unspecified atom stereocenters. The highest BCUT2D eigenvalue weighted by atomic mass is 32.2. The molecule has 4 N–H and O–H groups in total. The lowest BCUT2D eigenvalue weighted by Crippen LogP contribution is -2.35. The zero-order valence-electron chi connectivity index (χ0n) is 23.4. The molecule has 2 heterocycles. The van der Waals surface area contributed by atoms with Crippen LogP contribution in [0.15, 0.2) is 71.6 Å². The van der Waals surface area contributed by atoms with Gasteiger partial charge in [-0.15, -0.1) is 0 Å². The topological polar surface area (TPSA) is 149 Å². The smallest absolute Gasteiger partial charge is 0.263 e. The number of hydrogen-bond donors (Lipinski definition) is 4. The van der Waals surface area contributed by atoms with E-state index in [4.69, 9.17) is 4.74 Å². The largest absolute Gasteiger partial charge is 0.508 e. The number of hydrogen-bond acceptors (Lipinski definition) is 10. The molecule has 42 heavy (non-hydrogen) atoms. The van der Waals surface area contributed by atoms with Crippen molar-refractivity contribution in [2.24, 2.45) is 0 Å². The lowest BCUT2D eigenvalue weighted by atomic mass is 10.2. The van der Waals surface area contributed by atoms with Crippen LogP contribution >= 0.6 is 0 Å². The van der Waals surface area contributed by atoms with E-state index in [9.17, 15) is 18.3 Å².